The van der Waals surface area contributed by atoms with Crippen molar-refractivity contribution in [1.82, 2.24) is 0 Å². The Hall–Kier alpha value is -0.810. The molecule has 0 spiro atoms. The molecular weight excluding hydrogens is 303 g/mol. The fraction of sp³-hybridized carbons (Fsp3) is 0. The van der Waals surface area contributed by atoms with Gasteiger partial charge >= 0.3 is 0 Å². The van der Waals surface area contributed by atoms with Crippen LogP contribution in [0.1, 0.15) is 5.56 Å². The van der Waals surface area contributed by atoms with Gasteiger partial charge < -0.3 is 0 Å². The van der Waals surface area contributed by atoms with Gasteiger partial charge in [-0.2, -0.15) is 5.26 Å². The average molecular weight is 306 g/mol. The van der Waals surface area contributed by atoms with E-state index < -0.39 is 4.92 Å². The largest absolute Gasteiger partial charge is 0.300 e. The molecule has 1 aromatic rings. The number of nitro benzene ring substituents is 1. The Morgan fingerprint density at radius 3 is 2.69 bits per heavy atom. The number of nitriles is 1. The number of rotatable bonds is 1. The van der Waals surface area contributed by atoms with Gasteiger partial charge in [0.15, 0.2) is 0 Å². The number of hydrogen-bond acceptors (Lipinski definition) is 4. The Balaban J connectivity index is 3.50. The minimum absolute atomic E-state index is 0.0434. The molecule has 0 aliphatic heterocycles. The van der Waals surface area contributed by atoms with E-state index in [2.05, 4.69) is 12.6 Å². The van der Waals surface area contributed by atoms with Gasteiger partial charge in [-0.1, -0.05) is 0 Å². The smallest absolute Gasteiger partial charge is 0.258 e. The molecule has 1 rings (SSSR count). The number of nitrogens with zero attached hydrogens (tertiary/aromatic N) is 2. The fourth-order valence-corrected chi connectivity index (χ4v) is 2.18. The van der Waals surface area contributed by atoms with E-state index in [1.807, 2.05) is 22.6 Å². The highest BCUT2D eigenvalue weighted by atomic mass is 127. The molecule has 6 heteroatoms. The predicted molar refractivity (Wildman–Crippen MR) is 57.8 cm³/mol. The van der Waals surface area contributed by atoms with Crippen LogP contribution in [0.2, 0.25) is 0 Å². The molecule has 0 saturated carbocycles. The van der Waals surface area contributed by atoms with Crippen LogP contribution in [0.15, 0.2) is 17.0 Å². The van der Waals surface area contributed by atoms with Crippen molar-refractivity contribution in [2.45, 2.75) is 4.90 Å². The van der Waals surface area contributed by atoms with Gasteiger partial charge in [-0.05, 0) is 34.7 Å². The molecule has 0 saturated heterocycles. The molecular formula is C7H3IN2O2S. The molecule has 0 heterocycles. The normalized spacial score (nSPS) is 9.31. The lowest BCUT2D eigenvalue weighted by Gasteiger charge is -1.98. The summed E-state index contributed by atoms with van der Waals surface area (Å²) >= 11 is 5.82. The molecule has 4 nitrogen and oxygen atoms in total. The highest BCUT2D eigenvalue weighted by Crippen LogP contribution is 2.27. The lowest BCUT2D eigenvalue weighted by atomic mass is 10.2. The predicted octanol–water partition coefficient (Wildman–Crippen LogP) is 2.36. The van der Waals surface area contributed by atoms with Gasteiger partial charge in [0.1, 0.15) is 11.6 Å². The number of halogens is 1. The first kappa shape index (κ1) is 10.3. The summed E-state index contributed by atoms with van der Waals surface area (Å²) in [6.45, 7) is 0. The molecule has 13 heavy (non-hydrogen) atoms. The van der Waals surface area contributed by atoms with Crippen molar-refractivity contribution >= 4 is 40.9 Å². The lowest BCUT2D eigenvalue weighted by Crippen LogP contribution is -1.95. The van der Waals surface area contributed by atoms with Gasteiger partial charge in [0.2, 0.25) is 0 Å². The van der Waals surface area contributed by atoms with Gasteiger partial charge in [-0.25, -0.2) is 0 Å². The second-order valence-corrected chi connectivity index (χ2v) is 3.87. The van der Waals surface area contributed by atoms with Gasteiger partial charge in [-0.3, -0.25) is 10.1 Å². The maximum absolute atomic E-state index is 10.5. The summed E-state index contributed by atoms with van der Waals surface area (Å²) in [5.74, 6) is 0. The SMILES string of the molecule is N#Cc1cc(S)cc(I)c1[N+](=O)[O-]. The van der Waals surface area contributed by atoms with E-state index in [1.54, 1.807) is 12.1 Å². The Morgan fingerprint density at radius 1 is 1.62 bits per heavy atom. The minimum Gasteiger partial charge on any atom is -0.258 e. The molecule has 0 unspecified atom stereocenters. The second-order valence-electron chi connectivity index (χ2n) is 2.19. The zero-order chi connectivity index (χ0) is 10.0. The van der Waals surface area contributed by atoms with Crippen LogP contribution in [-0.4, -0.2) is 4.92 Å². The van der Waals surface area contributed by atoms with Crippen LogP contribution in [0.3, 0.4) is 0 Å². The van der Waals surface area contributed by atoms with E-state index >= 15 is 0 Å². The second kappa shape index (κ2) is 3.93. The van der Waals surface area contributed by atoms with Crippen molar-refractivity contribution in [3.8, 4) is 6.07 Å². The topological polar surface area (TPSA) is 66.9 Å². The van der Waals surface area contributed by atoms with Gasteiger partial charge in [-0.15, -0.1) is 12.6 Å². The summed E-state index contributed by atoms with van der Waals surface area (Å²) in [7, 11) is 0. The molecule has 0 radical (unpaired) electrons. The van der Waals surface area contributed by atoms with Gasteiger partial charge in [0.25, 0.3) is 5.69 Å². The van der Waals surface area contributed by atoms with Crippen LogP contribution >= 0.6 is 35.2 Å². The number of hydrogen-bond donors (Lipinski definition) is 1. The highest BCUT2D eigenvalue weighted by molar-refractivity contribution is 14.1. The fourth-order valence-electron chi connectivity index (χ4n) is 0.856. The average Bonchev–Trinajstić information content (AvgIpc) is 2.01. The standard InChI is InChI=1S/C7H3IN2O2S/c8-6-2-5(13)1-4(3-9)7(6)10(11)12/h1-2,13H. The molecule has 0 aliphatic rings. The van der Waals surface area contributed by atoms with Crippen LogP contribution in [0.4, 0.5) is 5.69 Å². The first-order chi connectivity index (χ1) is 6.06. The summed E-state index contributed by atoms with van der Waals surface area (Å²) < 4.78 is 0.423. The maximum atomic E-state index is 10.5. The van der Waals surface area contributed by atoms with Crippen LogP contribution < -0.4 is 0 Å². The van der Waals surface area contributed by atoms with E-state index in [9.17, 15) is 10.1 Å². The Kier molecular flexibility index (Phi) is 3.11. The molecule has 0 aromatic heterocycles. The van der Waals surface area contributed by atoms with Crippen molar-refractivity contribution in [2.24, 2.45) is 0 Å². The Bertz CT molecular complexity index is 414. The minimum atomic E-state index is -0.562. The van der Waals surface area contributed by atoms with Crippen LogP contribution in [0.5, 0.6) is 0 Å². The molecule has 0 N–H and O–H groups in total. The quantitative estimate of drug-likeness (QED) is 0.375. The third kappa shape index (κ3) is 2.10. The monoisotopic (exact) mass is 306 g/mol. The van der Waals surface area contributed by atoms with Crippen LogP contribution in [0, 0.1) is 25.0 Å². The maximum Gasteiger partial charge on any atom is 0.300 e. The number of benzene rings is 1. The summed E-state index contributed by atoms with van der Waals surface area (Å²) in [6.07, 6.45) is 0. The van der Waals surface area contributed by atoms with Gasteiger partial charge in [0, 0.05) is 4.90 Å². The van der Waals surface area contributed by atoms with Crippen molar-refractivity contribution < 1.29 is 4.92 Å². The van der Waals surface area contributed by atoms with E-state index in [4.69, 9.17) is 5.26 Å². The lowest BCUT2D eigenvalue weighted by molar-refractivity contribution is -0.386. The molecule has 66 valence electrons. The van der Waals surface area contributed by atoms with Crippen molar-refractivity contribution in [2.75, 3.05) is 0 Å². The zero-order valence-electron chi connectivity index (χ0n) is 6.19. The summed E-state index contributed by atoms with van der Waals surface area (Å²) in [5.41, 5.74) is -0.109. The highest BCUT2D eigenvalue weighted by Gasteiger charge is 2.18. The van der Waals surface area contributed by atoms with Crippen LogP contribution in [-0.2, 0) is 0 Å². The molecule has 0 amide bonds. The Morgan fingerprint density at radius 2 is 2.23 bits per heavy atom. The van der Waals surface area contributed by atoms with E-state index in [1.165, 1.54) is 6.07 Å². The van der Waals surface area contributed by atoms with Gasteiger partial charge in [0.05, 0.1) is 8.49 Å². The van der Waals surface area contributed by atoms with E-state index in [-0.39, 0.29) is 11.3 Å². The molecule has 0 fully saturated rings. The molecule has 0 bridgehead atoms. The summed E-state index contributed by atoms with van der Waals surface area (Å²) in [5, 5.41) is 19.2. The molecule has 1 aromatic carbocycles. The summed E-state index contributed by atoms with van der Waals surface area (Å²) in [6, 6.07) is 4.69. The van der Waals surface area contributed by atoms with Crippen molar-refractivity contribution in [3.05, 3.63) is 31.4 Å². The first-order valence-corrected chi connectivity index (χ1v) is 4.66. The van der Waals surface area contributed by atoms with Crippen molar-refractivity contribution in [1.29, 1.82) is 5.26 Å². The Labute approximate surface area is 93.3 Å². The number of nitro groups is 1. The van der Waals surface area contributed by atoms with Crippen molar-refractivity contribution in [3.63, 3.8) is 0 Å². The molecule has 0 aliphatic carbocycles. The summed E-state index contributed by atoms with van der Waals surface area (Å²) in [4.78, 5) is 10.5. The zero-order valence-corrected chi connectivity index (χ0v) is 9.24. The third-order valence-electron chi connectivity index (χ3n) is 1.35. The van der Waals surface area contributed by atoms with E-state index in [0.29, 0.717) is 8.47 Å². The van der Waals surface area contributed by atoms with Crippen LogP contribution in [0.25, 0.3) is 0 Å². The number of thiol groups is 1. The first-order valence-electron chi connectivity index (χ1n) is 3.13. The van der Waals surface area contributed by atoms with E-state index in [0.717, 1.165) is 0 Å². The molecule has 0 atom stereocenters. The third-order valence-corrected chi connectivity index (χ3v) is 2.43.